The van der Waals surface area contributed by atoms with Crippen molar-refractivity contribution >= 4 is 24.0 Å². The van der Waals surface area contributed by atoms with Crippen molar-refractivity contribution in [3.8, 4) is 0 Å². The maximum atomic E-state index is 12.6. The number of carboxylic acid groups (broad SMARTS) is 1. The first-order valence-electron chi connectivity index (χ1n) is 10.8. The second-order valence-corrected chi connectivity index (χ2v) is 7.95. The number of hydrogen-bond donors (Lipinski definition) is 4. The van der Waals surface area contributed by atoms with Crippen LogP contribution in [0.1, 0.15) is 34.3 Å². The van der Waals surface area contributed by atoms with E-state index in [4.69, 9.17) is 4.74 Å². The number of hydrogen-bond acceptors (Lipinski definition) is 5. The fourth-order valence-corrected chi connectivity index (χ4v) is 3.59. The number of rotatable bonds is 5. The van der Waals surface area contributed by atoms with Gasteiger partial charge in [0.2, 0.25) is 0 Å². The highest BCUT2D eigenvalue weighted by molar-refractivity contribution is 5.96. The van der Waals surface area contributed by atoms with E-state index in [9.17, 15) is 37.5 Å². The first-order chi connectivity index (χ1) is 17.0. The van der Waals surface area contributed by atoms with Gasteiger partial charge < -0.3 is 15.2 Å². The van der Waals surface area contributed by atoms with Gasteiger partial charge in [0.05, 0.1) is 11.6 Å². The Hall–Kier alpha value is -4.29. The molecule has 4 amide bonds. The van der Waals surface area contributed by atoms with Crippen LogP contribution in [0.25, 0.3) is 0 Å². The minimum Gasteiger partial charge on any atom is -0.465 e. The van der Waals surface area contributed by atoms with Gasteiger partial charge in [-0.15, -0.1) is 0 Å². The smallest absolute Gasteiger partial charge is 0.416 e. The normalized spacial score (nSPS) is 17.6. The lowest BCUT2D eigenvalue weighted by molar-refractivity contribution is -0.137. The molecule has 0 radical (unpaired) electrons. The molecule has 192 valence electrons. The zero-order valence-electron chi connectivity index (χ0n) is 18.7. The average molecular weight is 508 g/mol. The topological polar surface area (TPSA) is 137 Å². The van der Waals surface area contributed by atoms with Crippen LogP contribution in [0.15, 0.2) is 54.6 Å². The number of carbonyl (C=O) groups is 4. The molecule has 4 N–H and O–H groups in total. The summed E-state index contributed by atoms with van der Waals surface area (Å²) in [5, 5.41) is 12.1. The summed E-state index contributed by atoms with van der Waals surface area (Å²) in [5.74, 6) is -1.71. The summed E-state index contributed by atoms with van der Waals surface area (Å²) in [7, 11) is 0. The van der Waals surface area contributed by atoms with Gasteiger partial charge in [0.1, 0.15) is 12.6 Å². The molecule has 13 heteroatoms. The van der Waals surface area contributed by atoms with Crippen LogP contribution in [0.5, 0.6) is 0 Å². The van der Waals surface area contributed by atoms with Crippen LogP contribution in [0.2, 0.25) is 0 Å². The number of ether oxygens (including phenoxy) is 1. The first kappa shape index (κ1) is 26.3. The molecule has 1 aliphatic heterocycles. The number of piperidine rings is 1. The number of alkyl carbamates (subject to hydrolysis) is 1. The minimum atomic E-state index is -4.56. The number of likely N-dealkylation sites (tertiary alicyclic amines) is 1. The summed E-state index contributed by atoms with van der Waals surface area (Å²) in [5.41, 5.74) is 3.86. The number of amides is 4. The first-order valence-corrected chi connectivity index (χ1v) is 10.8. The van der Waals surface area contributed by atoms with Crippen molar-refractivity contribution in [3.05, 3.63) is 71.3 Å². The molecule has 2 aromatic carbocycles. The van der Waals surface area contributed by atoms with E-state index in [2.05, 4.69) is 16.2 Å². The molecule has 0 unspecified atom stereocenters. The molecule has 0 saturated carbocycles. The molecule has 0 spiro atoms. The molecule has 3 rings (SSSR count). The molecule has 10 nitrogen and oxygen atoms in total. The van der Waals surface area contributed by atoms with E-state index >= 15 is 0 Å². The molecule has 1 saturated heterocycles. The van der Waals surface area contributed by atoms with Crippen LogP contribution in [0, 0.1) is 0 Å². The van der Waals surface area contributed by atoms with E-state index in [1.165, 1.54) is 0 Å². The van der Waals surface area contributed by atoms with Crippen LogP contribution < -0.4 is 16.2 Å². The van der Waals surface area contributed by atoms with Gasteiger partial charge in [-0.1, -0.05) is 30.3 Å². The van der Waals surface area contributed by atoms with Crippen molar-refractivity contribution < 1.29 is 42.2 Å². The van der Waals surface area contributed by atoms with Gasteiger partial charge in [0, 0.05) is 12.1 Å². The highest BCUT2D eigenvalue weighted by atomic mass is 19.4. The molecular formula is C23H23F3N4O6. The lowest BCUT2D eigenvalue weighted by Crippen LogP contribution is -2.59. The molecule has 0 bridgehead atoms. The Kier molecular flexibility index (Phi) is 8.35. The SMILES string of the molecule is O=C(N[C@H]1CC[C@H](C(=O)NNC(=O)c2ccc(C(F)(F)F)cc2)N(C(=O)O)C1)OCc1ccccc1. The number of nitrogens with one attached hydrogen (secondary N) is 3. The van der Waals surface area contributed by atoms with Gasteiger partial charge in [0.25, 0.3) is 11.8 Å². The lowest BCUT2D eigenvalue weighted by Gasteiger charge is -2.36. The fourth-order valence-electron chi connectivity index (χ4n) is 3.59. The quantitative estimate of drug-likeness (QED) is 0.459. The second-order valence-electron chi connectivity index (χ2n) is 7.95. The summed E-state index contributed by atoms with van der Waals surface area (Å²) in [6.07, 6.45) is -6.41. The van der Waals surface area contributed by atoms with Crippen LogP contribution in [0.4, 0.5) is 22.8 Å². The van der Waals surface area contributed by atoms with Crippen molar-refractivity contribution in [3.63, 3.8) is 0 Å². The molecule has 36 heavy (non-hydrogen) atoms. The van der Waals surface area contributed by atoms with E-state index in [-0.39, 0.29) is 31.6 Å². The Labute approximate surface area is 203 Å². The van der Waals surface area contributed by atoms with Crippen molar-refractivity contribution in [1.29, 1.82) is 0 Å². The Morgan fingerprint density at radius 2 is 1.64 bits per heavy atom. The number of hydrazine groups is 1. The van der Waals surface area contributed by atoms with Crippen molar-refractivity contribution in [1.82, 2.24) is 21.1 Å². The van der Waals surface area contributed by atoms with Crippen LogP contribution in [-0.4, -0.2) is 52.6 Å². The lowest BCUT2D eigenvalue weighted by atomic mass is 9.98. The van der Waals surface area contributed by atoms with Gasteiger partial charge in [-0.3, -0.25) is 25.3 Å². The van der Waals surface area contributed by atoms with Gasteiger partial charge >= 0.3 is 18.4 Å². The van der Waals surface area contributed by atoms with E-state index in [0.29, 0.717) is 0 Å². The molecule has 1 heterocycles. The molecule has 2 atom stereocenters. The van der Waals surface area contributed by atoms with Crippen LogP contribution in [0.3, 0.4) is 0 Å². The molecular weight excluding hydrogens is 485 g/mol. The largest absolute Gasteiger partial charge is 0.465 e. The van der Waals surface area contributed by atoms with Gasteiger partial charge in [-0.05, 0) is 42.7 Å². The Morgan fingerprint density at radius 1 is 0.972 bits per heavy atom. The zero-order valence-corrected chi connectivity index (χ0v) is 18.7. The van der Waals surface area contributed by atoms with Gasteiger partial charge in [-0.2, -0.15) is 13.2 Å². The molecule has 1 fully saturated rings. The Bertz CT molecular complexity index is 1100. The van der Waals surface area contributed by atoms with E-state index in [1.54, 1.807) is 24.3 Å². The van der Waals surface area contributed by atoms with Crippen molar-refractivity contribution in [2.45, 2.75) is 37.7 Å². The van der Waals surface area contributed by atoms with Gasteiger partial charge in [0.15, 0.2) is 0 Å². The van der Waals surface area contributed by atoms with Crippen LogP contribution >= 0.6 is 0 Å². The third-order valence-corrected chi connectivity index (χ3v) is 5.44. The monoisotopic (exact) mass is 508 g/mol. The summed E-state index contributed by atoms with van der Waals surface area (Å²) < 4.78 is 43.1. The molecule has 0 aliphatic carbocycles. The highest BCUT2D eigenvalue weighted by Gasteiger charge is 2.37. The summed E-state index contributed by atoms with van der Waals surface area (Å²) in [6.45, 7) is -0.160. The maximum Gasteiger partial charge on any atom is 0.416 e. The van der Waals surface area contributed by atoms with E-state index < -0.39 is 47.8 Å². The predicted octanol–water partition coefficient (Wildman–Crippen LogP) is 2.90. The number of alkyl halides is 3. The Morgan fingerprint density at radius 3 is 2.25 bits per heavy atom. The van der Waals surface area contributed by atoms with Crippen LogP contribution in [-0.2, 0) is 22.3 Å². The highest BCUT2D eigenvalue weighted by Crippen LogP contribution is 2.29. The maximum absolute atomic E-state index is 12.6. The average Bonchev–Trinajstić information content (AvgIpc) is 2.86. The number of nitrogens with zero attached hydrogens (tertiary/aromatic N) is 1. The minimum absolute atomic E-state index is 0.0334. The summed E-state index contributed by atoms with van der Waals surface area (Å²) in [6, 6.07) is 10.5. The third-order valence-electron chi connectivity index (χ3n) is 5.44. The number of halogens is 3. The van der Waals surface area contributed by atoms with Crippen molar-refractivity contribution in [2.75, 3.05) is 6.54 Å². The third kappa shape index (κ3) is 7.10. The fraction of sp³-hybridized carbons (Fsp3) is 0.304. The summed E-state index contributed by atoms with van der Waals surface area (Å²) in [4.78, 5) is 49.3. The standard InChI is InChI=1S/C23H23F3N4O6/c24-23(25,26)16-8-6-15(7-9-16)19(31)28-29-20(32)18-11-10-17(12-30(18)22(34)35)27-21(33)36-13-14-4-2-1-3-5-14/h1-9,17-18H,10-13H2,(H,27,33)(H,28,31)(H,29,32)(H,34,35)/t17-,18+/m0/s1. The second kappa shape index (κ2) is 11.4. The van der Waals surface area contributed by atoms with E-state index in [0.717, 1.165) is 34.7 Å². The molecule has 2 aromatic rings. The van der Waals surface area contributed by atoms with Crippen molar-refractivity contribution in [2.24, 2.45) is 0 Å². The number of benzene rings is 2. The zero-order chi connectivity index (χ0) is 26.3. The van der Waals surface area contributed by atoms with Gasteiger partial charge in [-0.25, -0.2) is 9.59 Å². The van der Waals surface area contributed by atoms with E-state index in [1.807, 2.05) is 6.07 Å². The Balaban J connectivity index is 1.50. The number of carbonyl (C=O) groups excluding carboxylic acids is 3. The molecule has 0 aromatic heterocycles. The predicted molar refractivity (Wildman–Crippen MR) is 118 cm³/mol. The molecule has 1 aliphatic rings. The summed E-state index contributed by atoms with van der Waals surface area (Å²) >= 11 is 0.